The second-order valence-electron chi connectivity index (χ2n) is 4.52. The molecule has 0 bridgehead atoms. The monoisotopic (exact) mass is 247 g/mol. The summed E-state index contributed by atoms with van der Waals surface area (Å²) in [6.45, 7) is 8.01. The van der Waals surface area contributed by atoms with Crippen LogP contribution < -0.4 is 5.32 Å². The number of aromatic nitrogens is 4. The van der Waals surface area contributed by atoms with E-state index in [1.54, 1.807) is 0 Å². The van der Waals surface area contributed by atoms with Crippen LogP contribution >= 0.6 is 0 Å². The van der Waals surface area contributed by atoms with Crippen LogP contribution in [0.15, 0.2) is 24.5 Å². The SMILES string of the molecule is Cc1cc(C)n(CCCNCCn2cccn2)n1. The topological polar surface area (TPSA) is 47.7 Å². The average Bonchev–Trinajstić information content (AvgIpc) is 2.94. The molecule has 0 spiro atoms. The zero-order valence-electron chi connectivity index (χ0n) is 11.1. The molecule has 2 heterocycles. The number of aryl methyl sites for hydroxylation is 3. The number of hydrogen-bond donors (Lipinski definition) is 1. The van der Waals surface area contributed by atoms with E-state index >= 15 is 0 Å². The Morgan fingerprint density at radius 3 is 2.78 bits per heavy atom. The summed E-state index contributed by atoms with van der Waals surface area (Å²) in [5.74, 6) is 0. The number of rotatable bonds is 7. The zero-order valence-corrected chi connectivity index (χ0v) is 11.1. The highest BCUT2D eigenvalue weighted by Crippen LogP contribution is 2.02. The lowest BCUT2D eigenvalue weighted by Crippen LogP contribution is -2.22. The molecular formula is C13H21N5. The highest BCUT2D eigenvalue weighted by Gasteiger charge is 1.99. The molecule has 0 atom stereocenters. The van der Waals surface area contributed by atoms with Crippen LogP contribution in [0, 0.1) is 13.8 Å². The number of hydrogen-bond acceptors (Lipinski definition) is 3. The predicted octanol–water partition coefficient (Wildman–Crippen LogP) is 1.38. The molecule has 5 heteroatoms. The molecule has 5 nitrogen and oxygen atoms in total. The van der Waals surface area contributed by atoms with E-state index in [2.05, 4.69) is 33.2 Å². The Morgan fingerprint density at radius 2 is 2.11 bits per heavy atom. The van der Waals surface area contributed by atoms with Crippen LogP contribution in [-0.2, 0) is 13.1 Å². The van der Waals surface area contributed by atoms with Gasteiger partial charge in [0, 0.05) is 31.2 Å². The Kier molecular flexibility index (Phi) is 4.52. The van der Waals surface area contributed by atoms with Gasteiger partial charge < -0.3 is 5.32 Å². The molecule has 18 heavy (non-hydrogen) atoms. The van der Waals surface area contributed by atoms with Crippen LogP contribution in [0.25, 0.3) is 0 Å². The minimum absolute atomic E-state index is 0.924. The van der Waals surface area contributed by atoms with Crippen molar-refractivity contribution in [1.82, 2.24) is 24.9 Å². The van der Waals surface area contributed by atoms with Gasteiger partial charge in [0.25, 0.3) is 0 Å². The molecule has 0 aromatic carbocycles. The molecule has 0 saturated carbocycles. The summed E-state index contributed by atoms with van der Waals surface area (Å²) < 4.78 is 4.01. The Bertz CT molecular complexity index is 458. The quantitative estimate of drug-likeness (QED) is 0.752. The van der Waals surface area contributed by atoms with Crippen molar-refractivity contribution in [3.8, 4) is 0 Å². The predicted molar refractivity (Wildman–Crippen MR) is 71.4 cm³/mol. The van der Waals surface area contributed by atoms with Crippen molar-refractivity contribution in [3.05, 3.63) is 35.9 Å². The first kappa shape index (κ1) is 12.8. The number of nitrogens with zero attached hydrogens (tertiary/aromatic N) is 4. The van der Waals surface area contributed by atoms with Gasteiger partial charge in [-0.1, -0.05) is 0 Å². The second kappa shape index (κ2) is 6.35. The summed E-state index contributed by atoms with van der Waals surface area (Å²) in [6.07, 6.45) is 4.89. The summed E-state index contributed by atoms with van der Waals surface area (Å²) in [7, 11) is 0. The van der Waals surface area contributed by atoms with E-state index in [4.69, 9.17) is 0 Å². The Hall–Kier alpha value is -1.62. The van der Waals surface area contributed by atoms with Crippen molar-refractivity contribution in [1.29, 1.82) is 0 Å². The fraction of sp³-hybridized carbons (Fsp3) is 0.538. The first-order chi connectivity index (χ1) is 8.75. The maximum atomic E-state index is 4.44. The molecule has 0 saturated heterocycles. The van der Waals surface area contributed by atoms with Crippen molar-refractivity contribution in [3.63, 3.8) is 0 Å². The Labute approximate surface area is 108 Å². The van der Waals surface area contributed by atoms with E-state index in [0.29, 0.717) is 0 Å². The van der Waals surface area contributed by atoms with Crippen LogP contribution in [-0.4, -0.2) is 32.7 Å². The van der Waals surface area contributed by atoms with Crippen molar-refractivity contribution in [2.24, 2.45) is 0 Å². The van der Waals surface area contributed by atoms with Crippen LogP contribution in [0.1, 0.15) is 17.8 Å². The minimum Gasteiger partial charge on any atom is -0.315 e. The van der Waals surface area contributed by atoms with Crippen molar-refractivity contribution in [2.75, 3.05) is 13.1 Å². The fourth-order valence-electron chi connectivity index (χ4n) is 2.01. The lowest BCUT2D eigenvalue weighted by atomic mass is 10.4. The van der Waals surface area contributed by atoms with E-state index in [1.807, 2.05) is 30.1 Å². The van der Waals surface area contributed by atoms with E-state index in [1.165, 1.54) is 5.69 Å². The third kappa shape index (κ3) is 3.70. The van der Waals surface area contributed by atoms with Crippen molar-refractivity contribution in [2.45, 2.75) is 33.4 Å². The fourth-order valence-corrected chi connectivity index (χ4v) is 2.01. The summed E-state index contributed by atoms with van der Waals surface area (Å²) in [6, 6.07) is 4.06. The molecule has 2 rings (SSSR count). The molecule has 0 aliphatic heterocycles. The number of nitrogens with one attached hydrogen (secondary N) is 1. The molecule has 1 N–H and O–H groups in total. The van der Waals surface area contributed by atoms with E-state index < -0.39 is 0 Å². The van der Waals surface area contributed by atoms with Gasteiger partial charge in [-0.25, -0.2) is 0 Å². The lowest BCUT2D eigenvalue weighted by molar-refractivity contribution is 0.507. The maximum Gasteiger partial charge on any atom is 0.0596 e. The lowest BCUT2D eigenvalue weighted by Gasteiger charge is -2.06. The molecule has 98 valence electrons. The van der Waals surface area contributed by atoms with Gasteiger partial charge in [0.05, 0.1) is 12.2 Å². The summed E-state index contributed by atoms with van der Waals surface area (Å²) in [4.78, 5) is 0. The highest BCUT2D eigenvalue weighted by molar-refractivity contribution is 5.06. The molecule has 0 aliphatic carbocycles. The van der Waals surface area contributed by atoms with Crippen LogP contribution in [0.5, 0.6) is 0 Å². The van der Waals surface area contributed by atoms with Crippen LogP contribution in [0.3, 0.4) is 0 Å². The van der Waals surface area contributed by atoms with Gasteiger partial charge in [-0.05, 0) is 38.9 Å². The molecule has 2 aromatic heterocycles. The van der Waals surface area contributed by atoms with Crippen LogP contribution in [0.4, 0.5) is 0 Å². The summed E-state index contributed by atoms with van der Waals surface area (Å²) in [5.41, 5.74) is 2.34. The van der Waals surface area contributed by atoms with Crippen molar-refractivity contribution >= 4 is 0 Å². The van der Waals surface area contributed by atoms with E-state index in [9.17, 15) is 0 Å². The average molecular weight is 247 g/mol. The molecule has 0 radical (unpaired) electrons. The van der Waals surface area contributed by atoms with Gasteiger partial charge in [-0.2, -0.15) is 10.2 Å². The highest BCUT2D eigenvalue weighted by atomic mass is 15.3. The normalized spacial score (nSPS) is 11.0. The maximum absolute atomic E-state index is 4.44. The summed E-state index contributed by atoms with van der Waals surface area (Å²) >= 11 is 0. The molecule has 0 fully saturated rings. The molecule has 0 amide bonds. The van der Waals surface area contributed by atoms with E-state index in [-0.39, 0.29) is 0 Å². The molecule has 0 aliphatic rings. The van der Waals surface area contributed by atoms with Gasteiger partial charge in [0.2, 0.25) is 0 Å². The van der Waals surface area contributed by atoms with Gasteiger partial charge >= 0.3 is 0 Å². The first-order valence-electron chi connectivity index (χ1n) is 6.45. The Morgan fingerprint density at radius 1 is 1.22 bits per heavy atom. The smallest absolute Gasteiger partial charge is 0.0596 e. The standard InChI is InChI=1S/C13H21N5/c1-12-11-13(2)18(16-12)9-3-5-14-7-10-17-8-4-6-15-17/h4,6,8,11,14H,3,5,7,9-10H2,1-2H3. The zero-order chi connectivity index (χ0) is 12.8. The molecule has 0 unspecified atom stereocenters. The van der Waals surface area contributed by atoms with Gasteiger partial charge in [0.15, 0.2) is 0 Å². The van der Waals surface area contributed by atoms with Gasteiger partial charge in [0.1, 0.15) is 0 Å². The van der Waals surface area contributed by atoms with Crippen molar-refractivity contribution < 1.29 is 0 Å². The summed E-state index contributed by atoms with van der Waals surface area (Å²) in [5, 5.41) is 12.0. The Balaban J connectivity index is 1.57. The largest absolute Gasteiger partial charge is 0.315 e. The van der Waals surface area contributed by atoms with Crippen LogP contribution in [0.2, 0.25) is 0 Å². The van der Waals surface area contributed by atoms with Gasteiger partial charge in [-0.3, -0.25) is 9.36 Å². The third-order valence-corrected chi connectivity index (χ3v) is 2.90. The first-order valence-corrected chi connectivity index (χ1v) is 6.45. The molecular weight excluding hydrogens is 226 g/mol. The second-order valence-corrected chi connectivity index (χ2v) is 4.52. The van der Waals surface area contributed by atoms with E-state index in [0.717, 1.165) is 38.3 Å². The van der Waals surface area contributed by atoms with Gasteiger partial charge in [-0.15, -0.1) is 0 Å². The molecule has 2 aromatic rings. The minimum atomic E-state index is 0.924. The third-order valence-electron chi connectivity index (χ3n) is 2.90.